The van der Waals surface area contributed by atoms with E-state index >= 15 is 0 Å². The van der Waals surface area contributed by atoms with Gasteiger partial charge < -0.3 is 0 Å². The van der Waals surface area contributed by atoms with Crippen LogP contribution >= 0.6 is 11.6 Å². The first-order valence-electron chi connectivity index (χ1n) is 5.31. The summed E-state index contributed by atoms with van der Waals surface area (Å²) in [6.45, 7) is 2.06. The number of aromatic nitrogens is 3. The average molecular weight is 244 g/mol. The Kier molecular flexibility index (Phi) is 2.34. The van der Waals surface area contributed by atoms with Crippen molar-refractivity contribution >= 4 is 17.2 Å². The molecular weight excluding hydrogens is 234 g/mol. The Morgan fingerprint density at radius 3 is 2.65 bits per heavy atom. The van der Waals surface area contributed by atoms with E-state index in [4.69, 9.17) is 11.6 Å². The molecule has 0 atom stereocenters. The van der Waals surface area contributed by atoms with Gasteiger partial charge in [-0.05, 0) is 13.0 Å². The summed E-state index contributed by atoms with van der Waals surface area (Å²) < 4.78 is 1.72. The minimum atomic E-state index is 0.667. The highest BCUT2D eigenvalue weighted by molar-refractivity contribution is 6.30. The van der Waals surface area contributed by atoms with Crippen molar-refractivity contribution in [1.29, 1.82) is 0 Å². The molecule has 0 amide bonds. The Morgan fingerprint density at radius 1 is 1.12 bits per heavy atom. The van der Waals surface area contributed by atoms with Crippen LogP contribution in [-0.2, 0) is 0 Å². The van der Waals surface area contributed by atoms with Crippen LogP contribution in [0, 0.1) is 6.92 Å². The van der Waals surface area contributed by atoms with Gasteiger partial charge in [-0.1, -0.05) is 41.4 Å². The van der Waals surface area contributed by atoms with Crippen LogP contribution in [0.4, 0.5) is 0 Å². The molecule has 3 aromatic rings. The highest BCUT2D eigenvalue weighted by Crippen LogP contribution is 2.18. The van der Waals surface area contributed by atoms with Crippen molar-refractivity contribution in [3.05, 3.63) is 53.2 Å². The molecule has 3 rings (SSSR count). The maximum atomic E-state index is 5.91. The standard InChI is InChI=1S/C13H10ClN3/c1-9-2-4-10(5-3-9)13-15-12-8-11(14)6-7-17(12)16-13/h2-8H,1H3. The van der Waals surface area contributed by atoms with Crippen LogP contribution in [-0.4, -0.2) is 14.6 Å². The predicted molar refractivity (Wildman–Crippen MR) is 68.2 cm³/mol. The van der Waals surface area contributed by atoms with E-state index < -0.39 is 0 Å². The number of hydrogen-bond acceptors (Lipinski definition) is 2. The number of rotatable bonds is 1. The first-order chi connectivity index (χ1) is 8.22. The van der Waals surface area contributed by atoms with E-state index in [0.717, 1.165) is 11.2 Å². The van der Waals surface area contributed by atoms with E-state index in [0.29, 0.717) is 10.8 Å². The largest absolute Gasteiger partial charge is 0.220 e. The molecule has 0 unspecified atom stereocenters. The van der Waals surface area contributed by atoms with E-state index in [1.165, 1.54) is 5.56 Å². The quantitative estimate of drug-likeness (QED) is 0.656. The summed E-state index contributed by atoms with van der Waals surface area (Å²) in [7, 11) is 0. The van der Waals surface area contributed by atoms with E-state index in [-0.39, 0.29) is 0 Å². The van der Waals surface area contributed by atoms with Gasteiger partial charge >= 0.3 is 0 Å². The number of hydrogen-bond donors (Lipinski definition) is 0. The van der Waals surface area contributed by atoms with Crippen LogP contribution in [0.3, 0.4) is 0 Å². The zero-order chi connectivity index (χ0) is 11.8. The summed E-state index contributed by atoms with van der Waals surface area (Å²) in [6, 6.07) is 11.7. The van der Waals surface area contributed by atoms with Crippen molar-refractivity contribution in [1.82, 2.24) is 14.6 Å². The Morgan fingerprint density at radius 2 is 1.88 bits per heavy atom. The molecule has 0 bridgehead atoms. The smallest absolute Gasteiger partial charge is 0.182 e. The first-order valence-corrected chi connectivity index (χ1v) is 5.69. The molecule has 0 aliphatic carbocycles. The molecule has 2 aromatic heterocycles. The summed E-state index contributed by atoms with van der Waals surface area (Å²) in [6.07, 6.45) is 1.81. The van der Waals surface area contributed by atoms with Gasteiger partial charge in [-0.25, -0.2) is 9.50 Å². The summed E-state index contributed by atoms with van der Waals surface area (Å²) in [5.74, 6) is 0.715. The molecule has 0 N–H and O–H groups in total. The predicted octanol–water partition coefficient (Wildman–Crippen LogP) is 3.36. The van der Waals surface area contributed by atoms with Gasteiger partial charge in [-0.15, -0.1) is 5.10 Å². The maximum absolute atomic E-state index is 5.91. The number of aryl methyl sites for hydroxylation is 1. The molecule has 0 radical (unpaired) electrons. The van der Waals surface area contributed by atoms with Gasteiger partial charge in [0, 0.05) is 22.8 Å². The molecule has 84 valence electrons. The second kappa shape index (κ2) is 3.86. The Labute approximate surface area is 104 Å². The van der Waals surface area contributed by atoms with Gasteiger partial charge in [0.05, 0.1) is 0 Å². The topological polar surface area (TPSA) is 30.2 Å². The van der Waals surface area contributed by atoms with Gasteiger partial charge in [0.1, 0.15) is 0 Å². The van der Waals surface area contributed by atoms with Crippen LogP contribution in [0.25, 0.3) is 17.0 Å². The van der Waals surface area contributed by atoms with Crippen LogP contribution in [0.1, 0.15) is 5.56 Å². The second-order valence-electron chi connectivity index (χ2n) is 3.95. The van der Waals surface area contributed by atoms with Gasteiger partial charge in [0.15, 0.2) is 11.5 Å². The fourth-order valence-electron chi connectivity index (χ4n) is 1.68. The van der Waals surface area contributed by atoms with Crippen molar-refractivity contribution in [2.45, 2.75) is 6.92 Å². The van der Waals surface area contributed by atoms with Gasteiger partial charge in [0.25, 0.3) is 0 Å². The maximum Gasteiger partial charge on any atom is 0.182 e. The normalized spacial score (nSPS) is 10.9. The van der Waals surface area contributed by atoms with Crippen molar-refractivity contribution in [2.75, 3.05) is 0 Å². The second-order valence-corrected chi connectivity index (χ2v) is 4.39. The highest BCUT2D eigenvalue weighted by atomic mass is 35.5. The van der Waals surface area contributed by atoms with E-state index in [1.54, 1.807) is 16.6 Å². The Bertz CT molecular complexity index is 671. The molecule has 0 aliphatic rings. The summed E-state index contributed by atoms with van der Waals surface area (Å²) in [5, 5.41) is 5.07. The van der Waals surface area contributed by atoms with Gasteiger partial charge in [0.2, 0.25) is 0 Å². The fourth-order valence-corrected chi connectivity index (χ4v) is 1.84. The summed E-state index contributed by atoms with van der Waals surface area (Å²) >= 11 is 5.91. The van der Waals surface area contributed by atoms with E-state index in [2.05, 4.69) is 17.0 Å². The summed E-state index contributed by atoms with van der Waals surface area (Å²) in [4.78, 5) is 4.44. The van der Waals surface area contributed by atoms with Crippen LogP contribution in [0.15, 0.2) is 42.6 Å². The number of fused-ring (bicyclic) bond motifs is 1. The highest BCUT2D eigenvalue weighted by Gasteiger charge is 2.05. The molecule has 0 saturated carbocycles. The lowest BCUT2D eigenvalue weighted by Gasteiger charge is -1.94. The molecule has 0 aliphatic heterocycles. The Balaban J connectivity index is 2.14. The number of benzene rings is 1. The lowest BCUT2D eigenvalue weighted by atomic mass is 10.1. The number of pyridine rings is 1. The molecule has 2 heterocycles. The number of nitrogens with zero attached hydrogens (tertiary/aromatic N) is 3. The minimum absolute atomic E-state index is 0.667. The molecule has 0 spiro atoms. The lowest BCUT2D eigenvalue weighted by molar-refractivity contribution is 0.966. The Hall–Kier alpha value is -1.87. The van der Waals surface area contributed by atoms with Crippen molar-refractivity contribution < 1.29 is 0 Å². The lowest BCUT2D eigenvalue weighted by Crippen LogP contribution is -1.85. The zero-order valence-corrected chi connectivity index (χ0v) is 10.0. The molecule has 0 saturated heterocycles. The first kappa shape index (κ1) is 10.3. The van der Waals surface area contributed by atoms with Crippen molar-refractivity contribution in [3.63, 3.8) is 0 Å². The van der Waals surface area contributed by atoms with Crippen LogP contribution < -0.4 is 0 Å². The minimum Gasteiger partial charge on any atom is -0.220 e. The van der Waals surface area contributed by atoms with Crippen molar-refractivity contribution in [2.24, 2.45) is 0 Å². The van der Waals surface area contributed by atoms with Crippen molar-refractivity contribution in [3.8, 4) is 11.4 Å². The third-order valence-electron chi connectivity index (χ3n) is 2.61. The van der Waals surface area contributed by atoms with E-state index in [1.807, 2.05) is 30.5 Å². The molecule has 17 heavy (non-hydrogen) atoms. The number of halogens is 1. The van der Waals surface area contributed by atoms with Gasteiger partial charge in [-0.2, -0.15) is 0 Å². The van der Waals surface area contributed by atoms with Gasteiger partial charge in [-0.3, -0.25) is 0 Å². The summed E-state index contributed by atoms with van der Waals surface area (Å²) in [5.41, 5.74) is 2.99. The SMILES string of the molecule is Cc1ccc(-c2nc3cc(Cl)ccn3n2)cc1. The average Bonchev–Trinajstić information content (AvgIpc) is 2.72. The molecule has 1 aromatic carbocycles. The van der Waals surface area contributed by atoms with Crippen LogP contribution in [0.2, 0.25) is 5.02 Å². The fraction of sp³-hybridized carbons (Fsp3) is 0.0769. The zero-order valence-electron chi connectivity index (χ0n) is 9.26. The monoisotopic (exact) mass is 243 g/mol. The third kappa shape index (κ3) is 1.89. The molecule has 0 fully saturated rings. The molecule has 3 nitrogen and oxygen atoms in total. The van der Waals surface area contributed by atoms with Crippen LogP contribution in [0.5, 0.6) is 0 Å². The molecule has 4 heteroatoms. The molecular formula is C13H10ClN3. The third-order valence-corrected chi connectivity index (χ3v) is 2.84. The van der Waals surface area contributed by atoms with E-state index in [9.17, 15) is 0 Å².